The zero-order valence-corrected chi connectivity index (χ0v) is 8.98. The van der Waals surface area contributed by atoms with E-state index in [9.17, 15) is 5.11 Å². The summed E-state index contributed by atoms with van der Waals surface area (Å²) < 4.78 is 5.28. The Kier molecular flexibility index (Phi) is 3.80. The average molecular weight is 209 g/mol. The van der Waals surface area contributed by atoms with E-state index in [-0.39, 0.29) is 12.6 Å². The summed E-state index contributed by atoms with van der Waals surface area (Å²) in [5, 5.41) is 12.6. The quantitative estimate of drug-likeness (QED) is 0.780. The zero-order valence-electron chi connectivity index (χ0n) is 8.98. The summed E-state index contributed by atoms with van der Waals surface area (Å²) in [6.45, 7) is 1.09. The number of hydrogen-bond donors (Lipinski definition) is 2. The van der Waals surface area contributed by atoms with Crippen LogP contribution in [0, 0.1) is 5.92 Å². The normalized spacial score (nSPS) is 19.5. The van der Waals surface area contributed by atoms with Crippen molar-refractivity contribution in [1.82, 2.24) is 5.32 Å². The van der Waals surface area contributed by atoms with Gasteiger partial charge >= 0.3 is 0 Å². The Bertz CT molecular complexity index is 265. The maximum Gasteiger partial charge on any atom is 0.123 e. The first-order valence-electron chi connectivity index (χ1n) is 5.78. The van der Waals surface area contributed by atoms with Crippen molar-refractivity contribution >= 4 is 0 Å². The smallest absolute Gasteiger partial charge is 0.123 e. The van der Waals surface area contributed by atoms with Crippen LogP contribution in [0.3, 0.4) is 0 Å². The minimum Gasteiger partial charge on any atom is -0.468 e. The van der Waals surface area contributed by atoms with Crippen LogP contribution in [0.2, 0.25) is 0 Å². The molecule has 2 rings (SSSR count). The number of hydrogen-bond acceptors (Lipinski definition) is 3. The van der Waals surface area contributed by atoms with Crippen molar-refractivity contribution in [3.63, 3.8) is 0 Å². The monoisotopic (exact) mass is 209 g/mol. The van der Waals surface area contributed by atoms with Gasteiger partial charge in [-0.1, -0.05) is 12.8 Å². The van der Waals surface area contributed by atoms with E-state index >= 15 is 0 Å². The third-order valence-corrected chi connectivity index (χ3v) is 3.20. The molecular formula is C12H19NO2. The van der Waals surface area contributed by atoms with E-state index in [4.69, 9.17) is 4.42 Å². The molecule has 0 amide bonds. The van der Waals surface area contributed by atoms with Crippen LogP contribution in [-0.2, 0) is 0 Å². The Hall–Kier alpha value is -0.800. The Morgan fingerprint density at radius 1 is 1.47 bits per heavy atom. The van der Waals surface area contributed by atoms with Gasteiger partial charge in [-0.2, -0.15) is 0 Å². The minimum absolute atomic E-state index is 0.0411. The van der Waals surface area contributed by atoms with Crippen LogP contribution in [0.15, 0.2) is 22.8 Å². The SMILES string of the molecule is OCC(NCC1CCCC1)c1ccco1. The van der Waals surface area contributed by atoms with Crippen LogP contribution in [0.4, 0.5) is 0 Å². The van der Waals surface area contributed by atoms with Crippen molar-refractivity contribution in [3.8, 4) is 0 Å². The highest BCUT2D eigenvalue weighted by molar-refractivity contribution is 5.04. The van der Waals surface area contributed by atoms with Crippen molar-refractivity contribution in [2.24, 2.45) is 5.92 Å². The second-order valence-electron chi connectivity index (χ2n) is 4.31. The Labute approximate surface area is 90.5 Å². The molecule has 3 nitrogen and oxygen atoms in total. The molecule has 1 aliphatic carbocycles. The summed E-state index contributed by atoms with van der Waals surface area (Å²) in [4.78, 5) is 0. The molecule has 1 aliphatic rings. The van der Waals surface area contributed by atoms with Gasteiger partial charge < -0.3 is 14.8 Å². The lowest BCUT2D eigenvalue weighted by atomic mass is 10.1. The summed E-state index contributed by atoms with van der Waals surface area (Å²) in [6.07, 6.45) is 7.01. The van der Waals surface area contributed by atoms with Gasteiger partial charge in [-0.15, -0.1) is 0 Å². The molecule has 2 N–H and O–H groups in total. The van der Waals surface area contributed by atoms with Crippen LogP contribution in [0.5, 0.6) is 0 Å². The molecule has 1 aromatic heterocycles. The first-order chi connectivity index (χ1) is 7.40. The largest absolute Gasteiger partial charge is 0.468 e. The number of furan rings is 1. The fourth-order valence-corrected chi connectivity index (χ4v) is 2.27. The fraction of sp³-hybridized carbons (Fsp3) is 0.667. The maximum absolute atomic E-state index is 9.25. The van der Waals surface area contributed by atoms with Crippen molar-refractivity contribution in [2.75, 3.05) is 13.2 Å². The molecule has 0 radical (unpaired) electrons. The lowest BCUT2D eigenvalue weighted by Crippen LogP contribution is -2.28. The molecule has 3 heteroatoms. The molecule has 1 unspecified atom stereocenters. The average Bonchev–Trinajstić information content (AvgIpc) is 2.90. The molecule has 15 heavy (non-hydrogen) atoms. The van der Waals surface area contributed by atoms with Crippen LogP contribution < -0.4 is 5.32 Å². The Balaban J connectivity index is 1.80. The number of aliphatic hydroxyl groups is 1. The Morgan fingerprint density at radius 2 is 2.27 bits per heavy atom. The van der Waals surface area contributed by atoms with Crippen molar-refractivity contribution in [2.45, 2.75) is 31.7 Å². The lowest BCUT2D eigenvalue weighted by molar-refractivity contribution is 0.221. The molecule has 84 valence electrons. The molecule has 0 bridgehead atoms. The zero-order chi connectivity index (χ0) is 10.5. The summed E-state index contributed by atoms with van der Waals surface area (Å²) in [5.41, 5.74) is 0. The van der Waals surface area contributed by atoms with Gasteiger partial charge in [0.05, 0.1) is 18.9 Å². The highest BCUT2D eigenvalue weighted by atomic mass is 16.3. The van der Waals surface area contributed by atoms with Crippen molar-refractivity contribution in [3.05, 3.63) is 24.2 Å². The van der Waals surface area contributed by atoms with Crippen LogP contribution in [0.1, 0.15) is 37.5 Å². The molecule has 1 atom stereocenters. The van der Waals surface area contributed by atoms with Gasteiger partial charge in [-0.3, -0.25) is 0 Å². The van der Waals surface area contributed by atoms with Gasteiger partial charge in [0.15, 0.2) is 0 Å². The van der Waals surface area contributed by atoms with Gasteiger partial charge in [0.25, 0.3) is 0 Å². The second kappa shape index (κ2) is 5.33. The molecule has 0 spiro atoms. The summed E-state index contributed by atoms with van der Waals surface area (Å²) in [5.74, 6) is 1.62. The molecule has 0 aliphatic heterocycles. The topological polar surface area (TPSA) is 45.4 Å². The second-order valence-corrected chi connectivity index (χ2v) is 4.31. The third-order valence-electron chi connectivity index (χ3n) is 3.20. The molecular weight excluding hydrogens is 190 g/mol. The summed E-state index contributed by atoms with van der Waals surface area (Å²) in [7, 11) is 0. The molecule has 1 saturated carbocycles. The van der Waals surface area contributed by atoms with E-state index in [1.807, 2.05) is 12.1 Å². The minimum atomic E-state index is -0.0411. The molecule has 0 aromatic carbocycles. The first-order valence-corrected chi connectivity index (χ1v) is 5.78. The van der Waals surface area contributed by atoms with Gasteiger partial charge in [-0.25, -0.2) is 0 Å². The van der Waals surface area contributed by atoms with Gasteiger partial charge in [0.2, 0.25) is 0 Å². The first kappa shape index (κ1) is 10.7. The van der Waals surface area contributed by atoms with E-state index < -0.39 is 0 Å². The number of aliphatic hydroxyl groups excluding tert-OH is 1. The molecule has 1 fully saturated rings. The molecule has 1 aromatic rings. The van der Waals surface area contributed by atoms with Gasteiger partial charge in [0, 0.05) is 0 Å². The number of rotatable bonds is 5. The van der Waals surface area contributed by atoms with Crippen LogP contribution in [-0.4, -0.2) is 18.3 Å². The standard InChI is InChI=1S/C12H19NO2/c14-9-11(12-6-3-7-15-12)13-8-10-4-1-2-5-10/h3,6-7,10-11,13-14H,1-2,4-5,8-9H2. The van der Waals surface area contributed by atoms with Crippen molar-refractivity contribution in [1.29, 1.82) is 0 Å². The van der Waals surface area contributed by atoms with E-state index in [2.05, 4.69) is 5.32 Å². The Morgan fingerprint density at radius 3 is 2.87 bits per heavy atom. The molecule has 0 saturated heterocycles. The maximum atomic E-state index is 9.25. The highest BCUT2D eigenvalue weighted by Crippen LogP contribution is 2.24. The van der Waals surface area contributed by atoms with Crippen molar-refractivity contribution < 1.29 is 9.52 Å². The fourth-order valence-electron chi connectivity index (χ4n) is 2.27. The predicted octanol–water partition coefficient (Wildman–Crippen LogP) is 2.09. The van der Waals surface area contributed by atoms with E-state index in [0.717, 1.165) is 18.2 Å². The van der Waals surface area contributed by atoms with E-state index in [0.29, 0.717) is 0 Å². The van der Waals surface area contributed by atoms with Crippen LogP contribution in [0.25, 0.3) is 0 Å². The third kappa shape index (κ3) is 2.83. The highest BCUT2D eigenvalue weighted by Gasteiger charge is 2.18. The van der Waals surface area contributed by atoms with E-state index in [1.165, 1.54) is 25.7 Å². The predicted molar refractivity (Wildman–Crippen MR) is 58.5 cm³/mol. The lowest BCUT2D eigenvalue weighted by Gasteiger charge is -2.16. The van der Waals surface area contributed by atoms with E-state index in [1.54, 1.807) is 6.26 Å². The molecule has 1 heterocycles. The summed E-state index contributed by atoms with van der Waals surface area (Å²) in [6, 6.07) is 3.72. The number of nitrogens with one attached hydrogen (secondary N) is 1. The van der Waals surface area contributed by atoms with Crippen LogP contribution >= 0.6 is 0 Å². The van der Waals surface area contributed by atoms with Gasteiger partial charge in [0.1, 0.15) is 5.76 Å². The van der Waals surface area contributed by atoms with Gasteiger partial charge in [-0.05, 0) is 37.4 Å². The summed E-state index contributed by atoms with van der Waals surface area (Å²) >= 11 is 0.